The van der Waals surface area contributed by atoms with Gasteiger partial charge >= 0.3 is 5.97 Å². The molecule has 0 fully saturated rings. The molecule has 0 aliphatic rings. The summed E-state index contributed by atoms with van der Waals surface area (Å²) >= 11 is 1.51. The van der Waals surface area contributed by atoms with Crippen LogP contribution in [0.15, 0.2) is 40.3 Å². The molecule has 0 bridgehead atoms. The van der Waals surface area contributed by atoms with Gasteiger partial charge in [-0.2, -0.15) is 0 Å². The molecule has 1 heterocycles. The molecule has 1 aromatic carbocycles. The van der Waals surface area contributed by atoms with Crippen molar-refractivity contribution < 1.29 is 9.53 Å². The number of aromatic nitrogens is 2. The molecule has 0 spiro atoms. The lowest BCUT2D eigenvalue weighted by atomic mass is 10.1. The molecule has 0 radical (unpaired) electrons. The Hall–Kier alpha value is -2.08. The maximum absolute atomic E-state index is 12.0. The molecule has 0 atom stereocenters. The first-order chi connectivity index (χ1) is 11.0. The molecule has 122 valence electrons. The van der Waals surface area contributed by atoms with Crippen LogP contribution in [-0.2, 0) is 24.0 Å². The highest BCUT2D eigenvalue weighted by Gasteiger charge is 2.08. The zero-order valence-electron chi connectivity index (χ0n) is 13.5. The first-order valence-electron chi connectivity index (χ1n) is 7.42. The van der Waals surface area contributed by atoms with Gasteiger partial charge in [0.2, 0.25) is 0 Å². The lowest BCUT2D eigenvalue weighted by Gasteiger charge is -2.09. The van der Waals surface area contributed by atoms with Gasteiger partial charge in [-0.25, -0.2) is 9.78 Å². The molecule has 2 aromatic rings. The SMILES string of the molecule is CCCc1cc(=O)n(C)c(SCc2ccc(C(=O)OC)cc2)n1. The van der Waals surface area contributed by atoms with E-state index in [1.54, 1.807) is 29.8 Å². The van der Waals surface area contributed by atoms with E-state index in [1.807, 2.05) is 12.1 Å². The Bertz CT molecular complexity index is 738. The number of benzene rings is 1. The highest BCUT2D eigenvalue weighted by atomic mass is 32.2. The number of nitrogens with zero attached hydrogens (tertiary/aromatic N) is 2. The van der Waals surface area contributed by atoms with Crippen LogP contribution >= 0.6 is 11.8 Å². The Morgan fingerprint density at radius 1 is 1.30 bits per heavy atom. The van der Waals surface area contributed by atoms with E-state index in [9.17, 15) is 9.59 Å². The van der Waals surface area contributed by atoms with Gasteiger partial charge in [0.1, 0.15) is 0 Å². The molecule has 6 heteroatoms. The number of methoxy groups -OCH3 is 1. The maximum Gasteiger partial charge on any atom is 0.337 e. The predicted octanol–water partition coefficient (Wildman–Crippen LogP) is 2.81. The van der Waals surface area contributed by atoms with Crippen LogP contribution in [0.25, 0.3) is 0 Å². The molecule has 0 unspecified atom stereocenters. The van der Waals surface area contributed by atoms with Crippen molar-refractivity contribution >= 4 is 17.7 Å². The minimum absolute atomic E-state index is 0.0352. The van der Waals surface area contributed by atoms with Gasteiger partial charge < -0.3 is 4.74 Å². The normalized spacial score (nSPS) is 10.6. The number of carbonyl (C=O) groups is 1. The molecule has 0 saturated heterocycles. The second kappa shape index (κ2) is 7.97. The molecule has 5 nitrogen and oxygen atoms in total. The number of hydrogen-bond acceptors (Lipinski definition) is 5. The van der Waals surface area contributed by atoms with E-state index in [4.69, 9.17) is 0 Å². The fourth-order valence-electron chi connectivity index (χ4n) is 2.08. The predicted molar refractivity (Wildman–Crippen MR) is 90.8 cm³/mol. The molecule has 0 aliphatic carbocycles. The summed E-state index contributed by atoms with van der Waals surface area (Å²) in [4.78, 5) is 27.9. The Balaban J connectivity index is 2.11. The Labute approximate surface area is 139 Å². The van der Waals surface area contributed by atoms with Crippen molar-refractivity contribution in [1.29, 1.82) is 0 Å². The van der Waals surface area contributed by atoms with Crippen molar-refractivity contribution in [3.05, 3.63) is 57.5 Å². The van der Waals surface area contributed by atoms with Crippen molar-refractivity contribution in [2.24, 2.45) is 7.05 Å². The standard InChI is InChI=1S/C17H20N2O3S/c1-4-5-14-10-15(20)19(2)17(18-14)23-11-12-6-8-13(9-7-12)16(21)22-3/h6-10H,4-5,11H2,1-3H3. The summed E-state index contributed by atoms with van der Waals surface area (Å²) in [5.41, 5.74) is 2.38. The number of carbonyl (C=O) groups excluding carboxylic acids is 1. The van der Waals surface area contributed by atoms with E-state index in [2.05, 4.69) is 16.6 Å². The number of esters is 1. The zero-order valence-corrected chi connectivity index (χ0v) is 14.4. The van der Waals surface area contributed by atoms with Crippen molar-refractivity contribution in [2.45, 2.75) is 30.7 Å². The molecule has 23 heavy (non-hydrogen) atoms. The molecule has 0 saturated carbocycles. The van der Waals surface area contributed by atoms with Crippen molar-refractivity contribution in [3.8, 4) is 0 Å². The van der Waals surface area contributed by atoms with Crippen LogP contribution < -0.4 is 5.56 Å². The van der Waals surface area contributed by atoms with E-state index >= 15 is 0 Å². The lowest BCUT2D eigenvalue weighted by Crippen LogP contribution is -2.20. The van der Waals surface area contributed by atoms with Crippen LogP contribution in [0, 0.1) is 0 Å². The fraction of sp³-hybridized carbons (Fsp3) is 0.353. The third kappa shape index (κ3) is 4.45. The number of aryl methyl sites for hydroxylation is 1. The average Bonchev–Trinajstić information content (AvgIpc) is 2.56. The Kier molecular flexibility index (Phi) is 5.98. The summed E-state index contributed by atoms with van der Waals surface area (Å²) in [6, 6.07) is 8.84. The largest absolute Gasteiger partial charge is 0.465 e. The van der Waals surface area contributed by atoms with Crippen LogP contribution in [0.3, 0.4) is 0 Å². The molecular formula is C17H20N2O3S. The minimum Gasteiger partial charge on any atom is -0.465 e. The number of thioether (sulfide) groups is 1. The van der Waals surface area contributed by atoms with Gasteiger partial charge in [-0.3, -0.25) is 9.36 Å². The molecule has 1 aromatic heterocycles. The zero-order chi connectivity index (χ0) is 16.8. The minimum atomic E-state index is -0.347. The van der Waals surface area contributed by atoms with Crippen LogP contribution in [0.5, 0.6) is 0 Å². The average molecular weight is 332 g/mol. The first kappa shape index (κ1) is 17.3. The fourth-order valence-corrected chi connectivity index (χ4v) is 3.03. The maximum atomic E-state index is 12.0. The Morgan fingerprint density at radius 3 is 2.61 bits per heavy atom. The quantitative estimate of drug-likeness (QED) is 0.462. The molecule has 0 N–H and O–H groups in total. The first-order valence-corrected chi connectivity index (χ1v) is 8.40. The smallest absolute Gasteiger partial charge is 0.337 e. The highest BCUT2D eigenvalue weighted by Crippen LogP contribution is 2.20. The molecular weight excluding hydrogens is 312 g/mol. The molecule has 0 amide bonds. The summed E-state index contributed by atoms with van der Waals surface area (Å²) in [6.45, 7) is 2.06. The van der Waals surface area contributed by atoms with Gasteiger partial charge in [0.25, 0.3) is 5.56 Å². The van der Waals surface area contributed by atoms with Crippen molar-refractivity contribution in [2.75, 3.05) is 7.11 Å². The van der Waals surface area contributed by atoms with Gasteiger partial charge in [0, 0.05) is 24.6 Å². The topological polar surface area (TPSA) is 61.2 Å². The summed E-state index contributed by atoms with van der Waals surface area (Å²) in [6.07, 6.45) is 1.76. The van der Waals surface area contributed by atoms with Crippen LogP contribution in [0.4, 0.5) is 0 Å². The van der Waals surface area contributed by atoms with E-state index in [0.29, 0.717) is 16.5 Å². The Morgan fingerprint density at radius 2 is 2.00 bits per heavy atom. The lowest BCUT2D eigenvalue weighted by molar-refractivity contribution is 0.0600. The highest BCUT2D eigenvalue weighted by molar-refractivity contribution is 7.98. The van der Waals surface area contributed by atoms with E-state index in [-0.39, 0.29) is 11.5 Å². The third-order valence-electron chi connectivity index (χ3n) is 3.40. The summed E-state index contributed by atoms with van der Waals surface area (Å²) in [5.74, 6) is 0.331. The van der Waals surface area contributed by atoms with Crippen LogP contribution in [-0.4, -0.2) is 22.6 Å². The van der Waals surface area contributed by atoms with Gasteiger partial charge in [0.05, 0.1) is 12.7 Å². The monoisotopic (exact) mass is 332 g/mol. The van der Waals surface area contributed by atoms with E-state index in [0.717, 1.165) is 24.1 Å². The van der Waals surface area contributed by atoms with E-state index in [1.165, 1.54) is 18.9 Å². The van der Waals surface area contributed by atoms with E-state index < -0.39 is 0 Å². The van der Waals surface area contributed by atoms with Crippen molar-refractivity contribution in [3.63, 3.8) is 0 Å². The van der Waals surface area contributed by atoms with Crippen LogP contribution in [0.2, 0.25) is 0 Å². The second-order valence-corrected chi connectivity index (χ2v) is 6.10. The van der Waals surface area contributed by atoms with Gasteiger partial charge in [-0.05, 0) is 24.1 Å². The number of hydrogen-bond donors (Lipinski definition) is 0. The summed E-state index contributed by atoms with van der Waals surface area (Å²) in [5, 5.41) is 0.706. The summed E-state index contributed by atoms with van der Waals surface area (Å²) < 4.78 is 6.24. The second-order valence-electron chi connectivity index (χ2n) is 5.15. The van der Waals surface area contributed by atoms with Crippen LogP contribution in [0.1, 0.15) is 35.0 Å². The van der Waals surface area contributed by atoms with Gasteiger partial charge in [-0.15, -0.1) is 0 Å². The third-order valence-corrected chi connectivity index (χ3v) is 4.50. The molecule has 2 rings (SSSR count). The summed E-state index contributed by atoms with van der Waals surface area (Å²) in [7, 11) is 3.09. The van der Waals surface area contributed by atoms with Gasteiger partial charge in [-0.1, -0.05) is 37.2 Å². The number of rotatable bonds is 6. The molecule has 0 aliphatic heterocycles. The van der Waals surface area contributed by atoms with Gasteiger partial charge in [0.15, 0.2) is 5.16 Å². The van der Waals surface area contributed by atoms with Crippen molar-refractivity contribution in [1.82, 2.24) is 9.55 Å². The number of ether oxygens (including phenoxy) is 1.